The van der Waals surface area contributed by atoms with Crippen LogP contribution in [0.5, 0.6) is 0 Å². The van der Waals surface area contributed by atoms with E-state index >= 15 is 0 Å². The zero-order valence-corrected chi connectivity index (χ0v) is 20.1. The molecule has 2 heterocycles. The van der Waals surface area contributed by atoms with E-state index in [1.165, 1.54) is 0 Å². The van der Waals surface area contributed by atoms with E-state index in [-0.39, 0.29) is 23.9 Å². The molecule has 34 heavy (non-hydrogen) atoms. The average molecular weight is 494 g/mol. The van der Waals surface area contributed by atoms with Gasteiger partial charge in [-0.25, -0.2) is 0 Å². The lowest BCUT2D eigenvalue weighted by Gasteiger charge is -2.41. The van der Waals surface area contributed by atoms with Gasteiger partial charge in [0.05, 0.1) is 0 Å². The Morgan fingerprint density at radius 3 is 1.97 bits per heavy atom. The number of benzene rings is 3. The van der Waals surface area contributed by atoms with E-state index < -0.39 is 0 Å². The maximum Gasteiger partial charge on any atom is 0.253 e. The third kappa shape index (κ3) is 4.97. The van der Waals surface area contributed by atoms with Crippen molar-refractivity contribution in [3.8, 4) is 11.1 Å². The summed E-state index contributed by atoms with van der Waals surface area (Å²) >= 11 is 12.2. The molecular weight excluding hydrogens is 469 g/mol. The van der Waals surface area contributed by atoms with Crippen molar-refractivity contribution >= 4 is 35.0 Å². The predicted molar refractivity (Wildman–Crippen MR) is 135 cm³/mol. The molecule has 0 bridgehead atoms. The molecule has 0 radical (unpaired) electrons. The van der Waals surface area contributed by atoms with E-state index in [0.29, 0.717) is 35.2 Å². The topological polar surface area (TPSA) is 52.7 Å². The normalized spacial score (nSPS) is 18.1. The number of carbonyl (C=O) groups excluding carboxylic acids is 2. The van der Waals surface area contributed by atoms with Gasteiger partial charge >= 0.3 is 0 Å². The van der Waals surface area contributed by atoms with Crippen LogP contribution in [0.1, 0.15) is 27.1 Å². The van der Waals surface area contributed by atoms with Crippen molar-refractivity contribution in [2.24, 2.45) is 0 Å². The molecule has 7 heteroatoms. The van der Waals surface area contributed by atoms with Crippen molar-refractivity contribution < 1.29 is 9.59 Å². The first kappa shape index (κ1) is 22.9. The summed E-state index contributed by atoms with van der Waals surface area (Å²) in [7, 11) is 0. The number of nitrogens with zero attached hydrogens (tertiary/aromatic N) is 2. The van der Waals surface area contributed by atoms with Crippen LogP contribution in [0.4, 0.5) is 0 Å². The maximum absolute atomic E-state index is 12.9. The third-order valence-electron chi connectivity index (χ3n) is 6.46. The molecule has 2 saturated heterocycles. The van der Waals surface area contributed by atoms with Gasteiger partial charge in [-0.05, 0) is 60.0 Å². The molecule has 5 rings (SSSR count). The Balaban J connectivity index is 1.11. The van der Waals surface area contributed by atoms with Crippen molar-refractivity contribution in [3.63, 3.8) is 0 Å². The Morgan fingerprint density at radius 2 is 1.29 bits per heavy atom. The summed E-state index contributed by atoms with van der Waals surface area (Å²) < 4.78 is 0. The second-order valence-electron chi connectivity index (χ2n) is 8.91. The minimum absolute atomic E-state index is 0.0287. The molecule has 5 nitrogen and oxygen atoms in total. The van der Waals surface area contributed by atoms with Crippen LogP contribution in [0.25, 0.3) is 11.1 Å². The molecule has 1 unspecified atom stereocenters. The molecule has 1 atom stereocenters. The number of nitrogens with one attached hydrogen (secondary N) is 1. The summed E-state index contributed by atoms with van der Waals surface area (Å²) in [5.74, 6) is 0.111. The molecule has 0 saturated carbocycles. The number of halogens is 2. The minimum Gasteiger partial charge on any atom is -0.337 e. The van der Waals surface area contributed by atoms with Gasteiger partial charge in [0.25, 0.3) is 11.8 Å². The highest BCUT2D eigenvalue weighted by Crippen LogP contribution is 2.28. The van der Waals surface area contributed by atoms with Gasteiger partial charge in [-0.15, -0.1) is 0 Å². The fourth-order valence-electron chi connectivity index (χ4n) is 4.64. The standard InChI is InChI=1S/C27H25Cl2N3O2/c28-22-12-21(13-23(29)14-22)18-6-8-20(9-7-18)27(34)32-16-25(17-32)30-24-10-11-31(15-24)26(33)19-4-2-1-3-5-19/h1-9,12-14,24-25,30H,10-11,15-17H2. The maximum atomic E-state index is 12.9. The first-order valence-corrected chi connectivity index (χ1v) is 12.2. The molecule has 2 fully saturated rings. The molecule has 2 aliphatic heterocycles. The number of carbonyl (C=O) groups is 2. The van der Waals surface area contributed by atoms with Crippen molar-refractivity contribution in [3.05, 3.63) is 94.0 Å². The van der Waals surface area contributed by atoms with E-state index in [1.54, 1.807) is 6.07 Å². The third-order valence-corrected chi connectivity index (χ3v) is 6.90. The van der Waals surface area contributed by atoms with Crippen LogP contribution in [0.3, 0.4) is 0 Å². The van der Waals surface area contributed by atoms with Crippen LogP contribution >= 0.6 is 23.2 Å². The average Bonchev–Trinajstić information content (AvgIpc) is 3.29. The SMILES string of the molecule is O=C(c1ccccc1)N1CCC(NC2CN(C(=O)c3ccc(-c4cc(Cl)cc(Cl)c4)cc3)C2)C1. The lowest BCUT2D eigenvalue weighted by Crippen LogP contribution is -2.62. The highest BCUT2D eigenvalue weighted by atomic mass is 35.5. The fourth-order valence-corrected chi connectivity index (χ4v) is 5.16. The predicted octanol–water partition coefficient (Wildman–Crippen LogP) is 4.99. The molecule has 3 aromatic rings. The number of likely N-dealkylation sites (tertiary alicyclic amines) is 2. The van der Waals surface area contributed by atoms with Gasteiger partial charge in [0.15, 0.2) is 0 Å². The summed E-state index contributed by atoms with van der Waals surface area (Å²) in [6.07, 6.45) is 0.929. The second kappa shape index (κ2) is 9.79. The Morgan fingerprint density at radius 1 is 0.706 bits per heavy atom. The number of amides is 2. The van der Waals surface area contributed by atoms with Gasteiger partial charge in [-0.3, -0.25) is 9.59 Å². The molecule has 3 aromatic carbocycles. The Kier molecular flexibility index (Phi) is 6.59. The van der Waals surface area contributed by atoms with Crippen molar-refractivity contribution in [2.75, 3.05) is 26.2 Å². The molecule has 1 N–H and O–H groups in total. The van der Waals surface area contributed by atoms with Crippen molar-refractivity contribution in [1.29, 1.82) is 0 Å². The lowest BCUT2D eigenvalue weighted by molar-refractivity contribution is 0.0552. The quantitative estimate of drug-likeness (QED) is 0.544. The molecule has 2 amide bonds. The van der Waals surface area contributed by atoms with Crippen LogP contribution in [0.2, 0.25) is 10.0 Å². The van der Waals surface area contributed by atoms with Crippen molar-refractivity contribution in [2.45, 2.75) is 18.5 Å². The van der Waals surface area contributed by atoms with E-state index in [4.69, 9.17) is 23.2 Å². The van der Waals surface area contributed by atoms with E-state index in [1.807, 2.05) is 76.5 Å². The molecule has 0 aromatic heterocycles. The van der Waals surface area contributed by atoms with Crippen LogP contribution in [0, 0.1) is 0 Å². The van der Waals surface area contributed by atoms with Crippen LogP contribution in [-0.4, -0.2) is 59.9 Å². The molecule has 0 aliphatic carbocycles. The zero-order valence-electron chi connectivity index (χ0n) is 18.6. The number of hydrogen-bond donors (Lipinski definition) is 1. The first-order chi connectivity index (χ1) is 16.5. The van der Waals surface area contributed by atoms with Crippen LogP contribution < -0.4 is 5.32 Å². The number of rotatable bonds is 5. The Hall–Kier alpha value is -2.86. The highest BCUT2D eigenvalue weighted by molar-refractivity contribution is 6.35. The smallest absolute Gasteiger partial charge is 0.253 e. The molecular formula is C27H25Cl2N3O2. The van der Waals surface area contributed by atoms with Crippen molar-refractivity contribution in [1.82, 2.24) is 15.1 Å². The van der Waals surface area contributed by atoms with Gasteiger partial charge in [0, 0.05) is 59.4 Å². The summed E-state index contributed by atoms with van der Waals surface area (Å²) in [5.41, 5.74) is 3.27. The number of hydrogen-bond acceptors (Lipinski definition) is 3. The fraction of sp³-hybridized carbons (Fsp3) is 0.259. The summed E-state index contributed by atoms with van der Waals surface area (Å²) in [4.78, 5) is 29.3. The van der Waals surface area contributed by atoms with Gasteiger partial charge < -0.3 is 15.1 Å². The van der Waals surface area contributed by atoms with E-state index in [9.17, 15) is 9.59 Å². The summed E-state index contributed by atoms with van der Waals surface area (Å²) in [6.45, 7) is 2.80. The van der Waals surface area contributed by atoms with Crippen LogP contribution in [-0.2, 0) is 0 Å². The molecule has 2 aliphatic rings. The van der Waals surface area contributed by atoms with Gasteiger partial charge in [0.1, 0.15) is 0 Å². The summed E-state index contributed by atoms with van der Waals surface area (Å²) in [5, 5.41) is 4.78. The minimum atomic E-state index is 0.0287. The van der Waals surface area contributed by atoms with E-state index in [0.717, 1.165) is 29.7 Å². The first-order valence-electron chi connectivity index (χ1n) is 11.4. The van der Waals surface area contributed by atoms with Crippen LogP contribution in [0.15, 0.2) is 72.8 Å². The monoisotopic (exact) mass is 493 g/mol. The molecule has 0 spiro atoms. The second-order valence-corrected chi connectivity index (χ2v) is 9.78. The molecule has 174 valence electrons. The largest absolute Gasteiger partial charge is 0.337 e. The van der Waals surface area contributed by atoms with E-state index in [2.05, 4.69) is 5.32 Å². The highest BCUT2D eigenvalue weighted by Gasteiger charge is 2.35. The summed E-state index contributed by atoms with van der Waals surface area (Å²) in [6, 6.07) is 22.9. The van der Waals surface area contributed by atoms with Gasteiger partial charge in [-0.2, -0.15) is 0 Å². The lowest BCUT2D eigenvalue weighted by atomic mass is 10.0. The zero-order chi connectivity index (χ0) is 23.7. The Bertz CT molecular complexity index is 1170. The Labute approximate surface area is 209 Å². The van der Waals surface area contributed by atoms with Gasteiger partial charge in [0.2, 0.25) is 0 Å². The van der Waals surface area contributed by atoms with Gasteiger partial charge in [-0.1, -0.05) is 53.5 Å².